The molecule has 1 amide bonds. The highest BCUT2D eigenvalue weighted by molar-refractivity contribution is 5.91. The fraction of sp³-hybridized carbons (Fsp3) is 0.448. The molecule has 3 aromatic rings. The molecule has 1 aliphatic heterocycles. The van der Waals surface area contributed by atoms with Crippen LogP contribution in [0, 0.1) is 0 Å². The van der Waals surface area contributed by atoms with E-state index in [-0.39, 0.29) is 5.91 Å². The van der Waals surface area contributed by atoms with Crippen molar-refractivity contribution in [3.63, 3.8) is 0 Å². The van der Waals surface area contributed by atoms with Crippen molar-refractivity contribution in [2.45, 2.75) is 39.4 Å². The van der Waals surface area contributed by atoms with Crippen LogP contribution in [-0.2, 0) is 24.4 Å². The second-order valence-corrected chi connectivity index (χ2v) is 9.83. The molecular weight excluding hydrogens is 452 g/mol. The lowest BCUT2D eigenvalue weighted by Crippen LogP contribution is -2.41. The molecule has 0 unspecified atom stereocenters. The van der Waals surface area contributed by atoms with Crippen molar-refractivity contribution in [2.75, 3.05) is 46.4 Å². The molecule has 0 N–H and O–H groups in total. The van der Waals surface area contributed by atoms with Crippen LogP contribution < -0.4 is 0 Å². The van der Waals surface area contributed by atoms with E-state index in [0.717, 1.165) is 51.5 Å². The number of amides is 1. The monoisotopic (exact) mass is 490 g/mol. The molecular formula is C29H38N4O3. The minimum absolute atomic E-state index is 0.141. The number of benzene rings is 2. The summed E-state index contributed by atoms with van der Waals surface area (Å²) in [6.07, 6.45) is 1.48. The molecule has 0 spiro atoms. The molecule has 1 fully saturated rings. The van der Waals surface area contributed by atoms with E-state index in [4.69, 9.17) is 9.15 Å². The molecule has 7 nitrogen and oxygen atoms in total. The van der Waals surface area contributed by atoms with Crippen molar-refractivity contribution in [3.8, 4) is 0 Å². The third kappa shape index (κ3) is 7.50. The Balaban J connectivity index is 1.40. The largest absolute Gasteiger partial charge is 0.447 e. The number of hydrogen-bond donors (Lipinski definition) is 0. The highest BCUT2D eigenvalue weighted by Crippen LogP contribution is 2.17. The van der Waals surface area contributed by atoms with E-state index >= 15 is 0 Å². The molecule has 0 aliphatic carbocycles. The molecule has 36 heavy (non-hydrogen) atoms. The number of nitrogens with zero attached hydrogens (tertiary/aromatic N) is 4. The molecule has 2 heterocycles. The number of hydrogen-bond acceptors (Lipinski definition) is 6. The van der Waals surface area contributed by atoms with Crippen molar-refractivity contribution in [1.29, 1.82) is 0 Å². The Morgan fingerprint density at radius 3 is 2.36 bits per heavy atom. The predicted molar refractivity (Wildman–Crippen MR) is 141 cm³/mol. The quantitative estimate of drug-likeness (QED) is 0.397. The van der Waals surface area contributed by atoms with Crippen LogP contribution in [0.15, 0.2) is 65.3 Å². The Kier molecular flexibility index (Phi) is 9.28. The van der Waals surface area contributed by atoms with Gasteiger partial charge in [-0.15, -0.1) is 0 Å². The van der Waals surface area contributed by atoms with Crippen molar-refractivity contribution >= 4 is 5.91 Å². The Labute approximate surface area is 214 Å². The first-order valence-electron chi connectivity index (χ1n) is 12.8. The van der Waals surface area contributed by atoms with Gasteiger partial charge in [-0.05, 0) is 22.6 Å². The normalized spacial score (nSPS) is 14.5. The lowest BCUT2D eigenvalue weighted by atomic mass is 10.0. The van der Waals surface area contributed by atoms with E-state index in [0.29, 0.717) is 30.6 Å². The number of rotatable bonds is 11. The van der Waals surface area contributed by atoms with Gasteiger partial charge in [-0.3, -0.25) is 14.6 Å². The lowest BCUT2D eigenvalue weighted by Gasteiger charge is -2.29. The van der Waals surface area contributed by atoms with Crippen molar-refractivity contribution in [2.24, 2.45) is 0 Å². The molecule has 2 aromatic carbocycles. The van der Waals surface area contributed by atoms with Crippen LogP contribution in [0.25, 0.3) is 0 Å². The van der Waals surface area contributed by atoms with E-state index in [1.54, 1.807) is 11.9 Å². The van der Waals surface area contributed by atoms with Gasteiger partial charge < -0.3 is 14.1 Å². The maximum atomic E-state index is 12.9. The Morgan fingerprint density at radius 2 is 1.67 bits per heavy atom. The van der Waals surface area contributed by atoms with E-state index in [9.17, 15) is 4.79 Å². The number of carbonyl (C=O) groups is 1. The van der Waals surface area contributed by atoms with Crippen molar-refractivity contribution in [3.05, 3.63) is 89.1 Å². The van der Waals surface area contributed by atoms with Gasteiger partial charge in [-0.1, -0.05) is 68.4 Å². The van der Waals surface area contributed by atoms with E-state index in [1.165, 1.54) is 17.4 Å². The first kappa shape index (κ1) is 26.1. The first-order valence-corrected chi connectivity index (χ1v) is 12.8. The van der Waals surface area contributed by atoms with Crippen LogP contribution in [0.1, 0.15) is 52.8 Å². The van der Waals surface area contributed by atoms with Crippen LogP contribution in [0.2, 0.25) is 0 Å². The number of carbonyl (C=O) groups excluding carboxylic acids is 1. The van der Waals surface area contributed by atoms with Crippen LogP contribution in [0.5, 0.6) is 0 Å². The summed E-state index contributed by atoms with van der Waals surface area (Å²) in [6.45, 7) is 11.6. The number of morpholine rings is 1. The minimum Gasteiger partial charge on any atom is -0.447 e. The number of ether oxygens (including phenoxy) is 1. The molecule has 0 bridgehead atoms. The maximum Gasteiger partial charge on any atom is 0.275 e. The summed E-state index contributed by atoms with van der Waals surface area (Å²) in [5, 5.41) is 0. The highest BCUT2D eigenvalue weighted by atomic mass is 16.5. The average Bonchev–Trinajstić information content (AvgIpc) is 3.36. The fourth-order valence-electron chi connectivity index (χ4n) is 4.39. The molecule has 1 saturated heterocycles. The molecule has 1 aliphatic rings. The molecule has 0 radical (unpaired) electrons. The second-order valence-electron chi connectivity index (χ2n) is 9.83. The van der Waals surface area contributed by atoms with Crippen molar-refractivity contribution in [1.82, 2.24) is 19.7 Å². The van der Waals surface area contributed by atoms with Gasteiger partial charge in [-0.25, -0.2) is 4.98 Å². The van der Waals surface area contributed by atoms with Gasteiger partial charge in [0.05, 0.1) is 19.8 Å². The minimum atomic E-state index is -0.141. The number of aromatic nitrogens is 1. The predicted octanol–water partition coefficient (Wildman–Crippen LogP) is 4.40. The lowest BCUT2D eigenvalue weighted by molar-refractivity contribution is 0.0320. The van der Waals surface area contributed by atoms with Crippen molar-refractivity contribution < 1.29 is 13.9 Å². The summed E-state index contributed by atoms with van der Waals surface area (Å²) in [7, 11) is 1.79. The van der Waals surface area contributed by atoms with Gasteiger partial charge in [0.25, 0.3) is 5.91 Å². The highest BCUT2D eigenvalue weighted by Gasteiger charge is 2.19. The zero-order valence-corrected chi connectivity index (χ0v) is 21.7. The average molecular weight is 491 g/mol. The van der Waals surface area contributed by atoms with Gasteiger partial charge in [0.2, 0.25) is 5.89 Å². The Hall–Kier alpha value is -3.00. The summed E-state index contributed by atoms with van der Waals surface area (Å²) in [4.78, 5) is 23.9. The summed E-state index contributed by atoms with van der Waals surface area (Å²) in [6, 6.07) is 18.8. The Bertz CT molecular complexity index is 1080. The SMILES string of the molecule is CC(C)c1ccc(CN(CCN2CCOCC2)Cc2nc(C(=O)N(C)Cc3ccccc3)co2)cc1. The van der Waals surface area contributed by atoms with Gasteiger partial charge in [0, 0.05) is 46.3 Å². The van der Waals surface area contributed by atoms with Crippen LogP contribution in [0.4, 0.5) is 0 Å². The summed E-state index contributed by atoms with van der Waals surface area (Å²) < 4.78 is 11.3. The van der Waals surface area contributed by atoms with Gasteiger partial charge in [-0.2, -0.15) is 0 Å². The fourth-order valence-corrected chi connectivity index (χ4v) is 4.39. The summed E-state index contributed by atoms with van der Waals surface area (Å²) in [5.74, 6) is 0.935. The van der Waals surface area contributed by atoms with E-state index < -0.39 is 0 Å². The third-order valence-electron chi connectivity index (χ3n) is 6.63. The van der Waals surface area contributed by atoms with E-state index in [1.807, 2.05) is 30.3 Å². The van der Waals surface area contributed by atoms with Crippen LogP contribution >= 0.6 is 0 Å². The third-order valence-corrected chi connectivity index (χ3v) is 6.63. The summed E-state index contributed by atoms with van der Waals surface area (Å²) in [5.41, 5.74) is 4.02. The molecule has 4 rings (SSSR count). The zero-order chi connectivity index (χ0) is 25.3. The van der Waals surface area contributed by atoms with E-state index in [2.05, 4.69) is 52.9 Å². The topological polar surface area (TPSA) is 62.1 Å². The molecule has 1 aromatic heterocycles. The molecule has 192 valence electrons. The molecule has 0 atom stereocenters. The standard InChI is InChI=1S/C29H38N4O3/c1-23(2)26-11-9-25(10-12-26)20-33(14-13-32-15-17-35-18-16-32)21-28-30-27(22-36-28)29(34)31(3)19-24-7-5-4-6-8-24/h4-12,22-23H,13-21H2,1-3H3. The molecule has 7 heteroatoms. The molecule has 0 saturated carbocycles. The van der Waals surface area contributed by atoms with Crippen LogP contribution in [-0.4, -0.2) is 72.0 Å². The Morgan fingerprint density at radius 1 is 0.972 bits per heavy atom. The second kappa shape index (κ2) is 12.8. The first-order chi connectivity index (χ1) is 17.5. The van der Waals surface area contributed by atoms with Gasteiger partial charge >= 0.3 is 0 Å². The van der Waals surface area contributed by atoms with Gasteiger partial charge in [0.1, 0.15) is 6.26 Å². The van der Waals surface area contributed by atoms with Gasteiger partial charge in [0.15, 0.2) is 5.69 Å². The maximum absolute atomic E-state index is 12.9. The van der Waals surface area contributed by atoms with Crippen LogP contribution in [0.3, 0.4) is 0 Å². The summed E-state index contributed by atoms with van der Waals surface area (Å²) >= 11 is 0. The number of oxazole rings is 1. The zero-order valence-electron chi connectivity index (χ0n) is 21.7. The smallest absolute Gasteiger partial charge is 0.275 e.